The number of piperidine rings is 1. The topological polar surface area (TPSA) is 59.1 Å². The van der Waals surface area contributed by atoms with Crippen LogP contribution in [0.1, 0.15) is 61.5 Å². The van der Waals surface area contributed by atoms with Gasteiger partial charge >= 0.3 is 12.1 Å². The van der Waals surface area contributed by atoms with Crippen LogP contribution in [0.2, 0.25) is 0 Å². The molecule has 212 valence electrons. The molecule has 0 radical (unpaired) electrons. The molecule has 0 aromatic heterocycles. The lowest BCUT2D eigenvalue weighted by atomic mass is 9.76. The Morgan fingerprint density at radius 3 is 2.26 bits per heavy atom. The second-order valence-electron chi connectivity index (χ2n) is 11.0. The molecular formula is C30H37F3N2O4. The predicted molar refractivity (Wildman–Crippen MR) is 141 cm³/mol. The fourth-order valence-corrected chi connectivity index (χ4v) is 5.45. The molecule has 4 rings (SSSR count). The van der Waals surface area contributed by atoms with Crippen LogP contribution in [0, 0.1) is 11.3 Å². The minimum atomic E-state index is -5.14. The van der Waals surface area contributed by atoms with E-state index in [9.17, 15) is 22.8 Å². The second-order valence-corrected chi connectivity index (χ2v) is 11.0. The normalized spacial score (nSPS) is 19.5. The third-order valence-electron chi connectivity index (χ3n) is 7.77. The van der Waals surface area contributed by atoms with Gasteiger partial charge in [-0.25, -0.2) is 4.79 Å². The number of halogens is 3. The molecule has 1 amide bonds. The SMILES string of the molecule is CCc1ccc(C(=O)N2CCC3(CCN(Cc4ccccc4OCC(C)C)CC3)C2OC(=O)C(F)(F)F)cc1. The van der Waals surface area contributed by atoms with Gasteiger partial charge in [0, 0.05) is 29.6 Å². The highest BCUT2D eigenvalue weighted by atomic mass is 19.4. The number of alkyl halides is 3. The van der Waals surface area contributed by atoms with Crippen LogP contribution in [-0.4, -0.2) is 60.3 Å². The van der Waals surface area contributed by atoms with Crippen LogP contribution in [-0.2, 0) is 22.5 Å². The number of nitrogens with zero attached hydrogens (tertiary/aromatic N) is 2. The number of aryl methyl sites for hydroxylation is 1. The molecule has 0 saturated carbocycles. The van der Waals surface area contributed by atoms with Crippen LogP contribution in [0.3, 0.4) is 0 Å². The predicted octanol–water partition coefficient (Wildman–Crippen LogP) is 5.84. The van der Waals surface area contributed by atoms with Crippen molar-refractivity contribution < 1.29 is 32.2 Å². The molecule has 2 aromatic rings. The molecule has 2 saturated heterocycles. The summed E-state index contributed by atoms with van der Waals surface area (Å²) in [5.41, 5.74) is 1.73. The van der Waals surface area contributed by atoms with Gasteiger partial charge in [0.05, 0.1) is 6.61 Å². The second kappa shape index (κ2) is 12.0. The van der Waals surface area contributed by atoms with Crippen LogP contribution >= 0.6 is 0 Å². The summed E-state index contributed by atoms with van der Waals surface area (Å²) in [4.78, 5) is 28.9. The van der Waals surface area contributed by atoms with Crippen molar-refractivity contribution in [2.24, 2.45) is 11.3 Å². The Morgan fingerprint density at radius 1 is 1.00 bits per heavy atom. The van der Waals surface area contributed by atoms with Crippen molar-refractivity contribution in [1.82, 2.24) is 9.80 Å². The number of benzene rings is 2. The van der Waals surface area contributed by atoms with Crippen molar-refractivity contribution in [2.75, 3.05) is 26.2 Å². The zero-order chi connectivity index (χ0) is 28.2. The zero-order valence-electron chi connectivity index (χ0n) is 22.8. The summed E-state index contributed by atoms with van der Waals surface area (Å²) in [5.74, 6) is -1.46. The Kier molecular flexibility index (Phi) is 8.89. The molecule has 1 unspecified atom stereocenters. The lowest BCUT2D eigenvalue weighted by Crippen LogP contribution is -2.51. The van der Waals surface area contributed by atoms with Crippen molar-refractivity contribution >= 4 is 11.9 Å². The van der Waals surface area contributed by atoms with E-state index in [2.05, 4.69) is 18.7 Å². The van der Waals surface area contributed by atoms with Gasteiger partial charge in [-0.05, 0) is 68.5 Å². The van der Waals surface area contributed by atoms with Crippen LogP contribution in [0.5, 0.6) is 5.75 Å². The summed E-state index contributed by atoms with van der Waals surface area (Å²) in [7, 11) is 0. The highest BCUT2D eigenvalue weighted by Gasteiger charge is 2.55. The lowest BCUT2D eigenvalue weighted by molar-refractivity contribution is -0.217. The van der Waals surface area contributed by atoms with Crippen LogP contribution < -0.4 is 4.74 Å². The third-order valence-corrected chi connectivity index (χ3v) is 7.77. The highest BCUT2D eigenvalue weighted by molar-refractivity contribution is 5.94. The van der Waals surface area contributed by atoms with Gasteiger partial charge in [-0.2, -0.15) is 13.2 Å². The fourth-order valence-electron chi connectivity index (χ4n) is 5.45. The maximum absolute atomic E-state index is 13.4. The van der Waals surface area contributed by atoms with Gasteiger partial charge in [0.15, 0.2) is 6.23 Å². The minimum absolute atomic E-state index is 0.232. The van der Waals surface area contributed by atoms with E-state index in [0.29, 0.717) is 57.0 Å². The van der Waals surface area contributed by atoms with Crippen LogP contribution in [0.4, 0.5) is 13.2 Å². The van der Waals surface area contributed by atoms with Gasteiger partial charge in [0.2, 0.25) is 0 Å². The van der Waals surface area contributed by atoms with E-state index >= 15 is 0 Å². The molecule has 0 bridgehead atoms. The molecule has 1 atom stereocenters. The van der Waals surface area contributed by atoms with E-state index in [1.807, 2.05) is 43.3 Å². The molecule has 2 aliphatic rings. The van der Waals surface area contributed by atoms with Gasteiger partial charge in [-0.3, -0.25) is 9.69 Å². The Bertz CT molecular complexity index is 1140. The number of hydrogen-bond donors (Lipinski definition) is 0. The molecule has 2 aromatic carbocycles. The average molecular weight is 547 g/mol. The average Bonchev–Trinajstić information content (AvgIpc) is 3.25. The first-order valence-electron chi connectivity index (χ1n) is 13.6. The van der Waals surface area contributed by atoms with Crippen molar-refractivity contribution in [3.05, 3.63) is 65.2 Å². The van der Waals surface area contributed by atoms with Crippen LogP contribution in [0.25, 0.3) is 0 Å². The molecule has 1 spiro atoms. The van der Waals surface area contributed by atoms with Crippen molar-refractivity contribution in [2.45, 2.75) is 65.4 Å². The number of hydrogen-bond acceptors (Lipinski definition) is 5. The largest absolute Gasteiger partial charge is 0.493 e. The summed E-state index contributed by atoms with van der Waals surface area (Å²) in [6.07, 6.45) is -4.11. The molecular weight excluding hydrogens is 509 g/mol. The highest BCUT2D eigenvalue weighted by Crippen LogP contribution is 2.47. The number of likely N-dealkylation sites (tertiary alicyclic amines) is 2. The van der Waals surface area contributed by atoms with Gasteiger partial charge in [0.25, 0.3) is 5.91 Å². The van der Waals surface area contributed by atoms with E-state index < -0.39 is 29.7 Å². The number of carbonyl (C=O) groups excluding carboxylic acids is 2. The Hall–Kier alpha value is -3.07. The first-order chi connectivity index (χ1) is 18.5. The van der Waals surface area contributed by atoms with E-state index in [0.717, 1.165) is 23.3 Å². The van der Waals surface area contributed by atoms with E-state index in [-0.39, 0.29) is 6.54 Å². The summed E-state index contributed by atoms with van der Waals surface area (Å²) in [6, 6.07) is 14.9. The molecule has 0 aliphatic carbocycles. The Labute approximate surface area is 228 Å². The summed E-state index contributed by atoms with van der Waals surface area (Å²) in [5, 5.41) is 0. The van der Waals surface area contributed by atoms with Gasteiger partial charge in [-0.1, -0.05) is 51.1 Å². The first-order valence-corrected chi connectivity index (χ1v) is 13.6. The van der Waals surface area contributed by atoms with Crippen molar-refractivity contribution in [3.8, 4) is 5.75 Å². The molecule has 0 N–H and O–H groups in total. The summed E-state index contributed by atoms with van der Waals surface area (Å²) in [6.45, 7) is 8.86. The molecule has 2 aliphatic heterocycles. The van der Waals surface area contributed by atoms with E-state index in [4.69, 9.17) is 9.47 Å². The number of rotatable bonds is 8. The van der Waals surface area contributed by atoms with Crippen molar-refractivity contribution in [3.63, 3.8) is 0 Å². The molecule has 2 fully saturated rings. The molecule has 39 heavy (non-hydrogen) atoms. The smallest absolute Gasteiger partial charge is 0.491 e. The third kappa shape index (κ3) is 6.75. The summed E-state index contributed by atoms with van der Waals surface area (Å²) < 4.78 is 50.8. The van der Waals surface area contributed by atoms with Gasteiger partial charge < -0.3 is 14.4 Å². The van der Waals surface area contributed by atoms with Gasteiger partial charge in [-0.15, -0.1) is 0 Å². The molecule has 2 heterocycles. The monoisotopic (exact) mass is 546 g/mol. The zero-order valence-corrected chi connectivity index (χ0v) is 22.8. The quantitative estimate of drug-likeness (QED) is 0.389. The maximum Gasteiger partial charge on any atom is 0.491 e. The summed E-state index contributed by atoms with van der Waals surface area (Å²) >= 11 is 0. The number of amides is 1. The number of ether oxygens (including phenoxy) is 2. The first kappa shape index (κ1) is 28.9. The van der Waals surface area contributed by atoms with Crippen molar-refractivity contribution in [1.29, 1.82) is 0 Å². The molecule has 9 heteroatoms. The number of carbonyl (C=O) groups is 2. The fraction of sp³-hybridized carbons (Fsp3) is 0.533. The standard InChI is InChI=1S/C30H37F3N2O4/c1-4-22-9-11-23(12-10-22)26(36)35-18-15-29(27(35)39-28(37)30(31,32)33)13-16-34(17-14-29)19-24-7-5-6-8-25(24)38-20-21(2)3/h5-12,21,27H,4,13-20H2,1-3H3. The Morgan fingerprint density at radius 2 is 1.64 bits per heavy atom. The maximum atomic E-state index is 13.4. The van der Waals surface area contributed by atoms with Gasteiger partial charge in [0.1, 0.15) is 5.75 Å². The minimum Gasteiger partial charge on any atom is -0.493 e. The van der Waals surface area contributed by atoms with E-state index in [1.54, 1.807) is 12.1 Å². The van der Waals surface area contributed by atoms with E-state index in [1.165, 1.54) is 4.90 Å². The molecule has 6 nitrogen and oxygen atoms in total. The number of esters is 1. The Balaban J connectivity index is 1.50. The lowest BCUT2D eigenvalue weighted by Gasteiger charge is -2.43. The van der Waals surface area contributed by atoms with Crippen LogP contribution in [0.15, 0.2) is 48.5 Å². The number of para-hydroxylation sites is 1.